The van der Waals surface area contributed by atoms with Crippen molar-refractivity contribution in [2.75, 3.05) is 0 Å². The molecule has 2 rings (SSSR count). The Bertz CT molecular complexity index is 604. The van der Waals surface area contributed by atoms with E-state index in [1.807, 2.05) is 60.7 Å². The Labute approximate surface area is 111 Å². The zero-order valence-electron chi connectivity index (χ0n) is 10.3. The first kappa shape index (κ1) is 12.7. The maximum Gasteiger partial charge on any atom is 0.137 e. The summed E-state index contributed by atoms with van der Waals surface area (Å²) in [5.74, 6) is 0. The first-order chi connectivity index (χ1) is 9.36. The minimum atomic E-state index is 0.360. The van der Waals surface area contributed by atoms with Gasteiger partial charge in [0.25, 0.3) is 0 Å². The molecule has 0 aromatic heterocycles. The predicted octanol–water partition coefficient (Wildman–Crippen LogP) is 2.97. The number of hydrogen-bond acceptors (Lipinski definition) is 4. The topological polar surface area (TPSA) is 57.3 Å². The Morgan fingerprint density at radius 1 is 0.789 bits per heavy atom. The fourth-order valence-corrected chi connectivity index (χ4v) is 1.75. The van der Waals surface area contributed by atoms with Crippen molar-refractivity contribution >= 4 is 18.1 Å². The lowest BCUT2D eigenvalue weighted by Gasteiger charge is -2.07. The summed E-state index contributed by atoms with van der Waals surface area (Å²) >= 11 is 0. The lowest BCUT2D eigenvalue weighted by atomic mass is 10.00. The van der Waals surface area contributed by atoms with E-state index in [2.05, 4.69) is 22.1 Å². The van der Waals surface area contributed by atoms with Crippen LogP contribution < -0.4 is 0 Å². The number of oxime groups is 1. The van der Waals surface area contributed by atoms with E-state index >= 15 is 0 Å². The Balaban J connectivity index is 2.51. The summed E-state index contributed by atoms with van der Waals surface area (Å²) in [4.78, 5) is 0. The van der Waals surface area contributed by atoms with Crippen molar-refractivity contribution < 1.29 is 5.21 Å². The van der Waals surface area contributed by atoms with Gasteiger partial charge in [0.05, 0.1) is 0 Å². The van der Waals surface area contributed by atoms with Crippen molar-refractivity contribution in [1.82, 2.24) is 0 Å². The van der Waals surface area contributed by atoms with Crippen LogP contribution in [0.3, 0.4) is 0 Å². The van der Waals surface area contributed by atoms with Crippen LogP contribution in [-0.2, 0) is 0 Å². The van der Waals surface area contributed by atoms with Gasteiger partial charge in [0.2, 0.25) is 0 Å². The van der Waals surface area contributed by atoms with Crippen LogP contribution in [0.5, 0.6) is 0 Å². The van der Waals surface area contributed by atoms with E-state index in [0.29, 0.717) is 11.4 Å². The molecule has 0 fully saturated rings. The summed E-state index contributed by atoms with van der Waals surface area (Å²) in [6.07, 6.45) is 0. The SMILES string of the molecule is C=N/N=C(\C(=N\O)c1ccccc1)c1ccccc1. The Hall–Kier alpha value is -2.75. The van der Waals surface area contributed by atoms with Gasteiger partial charge < -0.3 is 5.21 Å². The molecule has 0 bridgehead atoms. The van der Waals surface area contributed by atoms with E-state index in [-0.39, 0.29) is 0 Å². The molecule has 0 saturated heterocycles. The highest BCUT2D eigenvalue weighted by atomic mass is 16.4. The van der Waals surface area contributed by atoms with Crippen LogP contribution in [-0.4, -0.2) is 23.3 Å². The zero-order valence-corrected chi connectivity index (χ0v) is 10.3. The van der Waals surface area contributed by atoms with Gasteiger partial charge in [-0.3, -0.25) is 0 Å². The molecule has 1 N–H and O–H groups in total. The molecule has 0 heterocycles. The second kappa shape index (κ2) is 6.26. The van der Waals surface area contributed by atoms with Crippen LogP contribution in [0.25, 0.3) is 0 Å². The largest absolute Gasteiger partial charge is 0.410 e. The second-order valence-corrected chi connectivity index (χ2v) is 3.77. The van der Waals surface area contributed by atoms with E-state index in [1.54, 1.807) is 0 Å². The average molecular weight is 251 g/mol. The monoisotopic (exact) mass is 251 g/mol. The molecule has 94 valence electrons. The Kier molecular flexibility index (Phi) is 4.18. The van der Waals surface area contributed by atoms with Crippen molar-refractivity contribution in [3.63, 3.8) is 0 Å². The molecule has 0 aliphatic carbocycles. The molecule has 2 aromatic rings. The smallest absolute Gasteiger partial charge is 0.137 e. The van der Waals surface area contributed by atoms with Gasteiger partial charge in [-0.15, -0.1) is 5.10 Å². The lowest BCUT2D eigenvalue weighted by molar-refractivity contribution is 0.320. The molecular formula is C15H13N3O. The molecular weight excluding hydrogens is 238 g/mol. The van der Waals surface area contributed by atoms with Crippen LogP contribution >= 0.6 is 0 Å². The third-order valence-electron chi connectivity index (χ3n) is 2.59. The van der Waals surface area contributed by atoms with Gasteiger partial charge in [0, 0.05) is 17.8 Å². The Morgan fingerprint density at radius 3 is 1.68 bits per heavy atom. The van der Waals surface area contributed by atoms with Crippen LogP contribution in [0.1, 0.15) is 11.1 Å². The molecule has 0 unspecified atom stereocenters. The standard InChI is InChI=1S/C15H13N3O/c1-16-17-14(12-8-4-2-5-9-12)15(18-19)13-10-6-3-7-11-13/h2-11,19H,1H2/b17-14-,18-15+. The number of nitrogens with zero attached hydrogens (tertiary/aromatic N) is 3. The number of rotatable bonds is 4. The first-order valence-corrected chi connectivity index (χ1v) is 5.73. The number of hydrogen-bond donors (Lipinski definition) is 1. The van der Waals surface area contributed by atoms with Gasteiger partial charge in [-0.25, -0.2) is 0 Å². The highest BCUT2D eigenvalue weighted by molar-refractivity contribution is 6.53. The third-order valence-corrected chi connectivity index (χ3v) is 2.59. The van der Waals surface area contributed by atoms with Crippen LogP contribution in [0.2, 0.25) is 0 Å². The van der Waals surface area contributed by atoms with Crippen molar-refractivity contribution in [2.24, 2.45) is 15.4 Å². The van der Waals surface area contributed by atoms with Crippen molar-refractivity contribution in [2.45, 2.75) is 0 Å². The van der Waals surface area contributed by atoms with Gasteiger partial charge in [0.15, 0.2) is 0 Å². The zero-order chi connectivity index (χ0) is 13.5. The van der Waals surface area contributed by atoms with E-state index in [0.717, 1.165) is 11.1 Å². The van der Waals surface area contributed by atoms with Gasteiger partial charge >= 0.3 is 0 Å². The summed E-state index contributed by atoms with van der Waals surface area (Å²) in [5, 5.41) is 20.2. The van der Waals surface area contributed by atoms with Gasteiger partial charge in [-0.2, -0.15) is 5.10 Å². The minimum Gasteiger partial charge on any atom is -0.410 e. The van der Waals surface area contributed by atoms with Gasteiger partial charge in [0.1, 0.15) is 11.4 Å². The molecule has 4 heteroatoms. The molecule has 0 spiro atoms. The second-order valence-electron chi connectivity index (χ2n) is 3.77. The normalized spacial score (nSPS) is 12.2. The Morgan fingerprint density at radius 2 is 1.26 bits per heavy atom. The highest BCUT2D eigenvalue weighted by Gasteiger charge is 2.14. The molecule has 0 saturated carbocycles. The molecule has 0 aliphatic heterocycles. The van der Waals surface area contributed by atoms with E-state index in [9.17, 15) is 5.21 Å². The lowest BCUT2D eigenvalue weighted by Crippen LogP contribution is -2.17. The van der Waals surface area contributed by atoms with Crippen molar-refractivity contribution in [3.8, 4) is 0 Å². The van der Waals surface area contributed by atoms with Crippen molar-refractivity contribution in [3.05, 3.63) is 71.8 Å². The number of benzene rings is 2. The molecule has 2 aromatic carbocycles. The first-order valence-electron chi connectivity index (χ1n) is 5.73. The molecule has 19 heavy (non-hydrogen) atoms. The quantitative estimate of drug-likeness (QED) is 0.507. The molecule has 0 atom stereocenters. The molecule has 0 aliphatic rings. The molecule has 0 radical (unpaired) electrons. The van der Waals surface area contributed by atoms with Gasteiger partial charge in [-0.1, -0.05) is 65.8 Å². The van der Waals surface area contributed by atoms with Crippen molar-refractivity contribution in [1.29, 1.82) is 0 Å². The summed E-state index contributed by atoms with van der Waals surface area (Å²) in [6.45, 7) is 3.36. The fraction of sp³-hybridized carbons (Fsp3) is 0. The predicted molar refractivity (Wildman–Crippen MR) is 77.3 cm³/mol. The average Bonchev–Trinajstić information content (AvgIpc) is 2.49. The van der Waals surface area contributed by atoms with E-state index < -0.39 is 0 Å². The van der Waals surface area contributed by atoms with Crippen LogP contribution in [0.15, 0.2) is 76.0 Å². The molecule has 0 amide bonds. The summed E-state index contributed by atoms with van der Waals surface area (Å²) in [6, 6.07) is 18.7. The highest BCUT2D eigenvalue weighted by Crippen LogP contribution is 2.10. The van der Waals surface area contributed by atoms with Crippen LogP contribution in [0, 0.1) is 0 Å². The fourth-order valence-electron chi connectivity index (χ4n) is 1.75. The summed E-state index contributed by atoms with van der Waals surface area (Å²) < 4.78 is 0. The van der Waals surface area contributed by atoms with E-state index in [1.165, 1.54) is 0 Å². The minimum absolute atomic E-state index is 0.360. The summed E-state index contributed by atoms with van der Waals surface area (Å²) in [7, 11) is 0. The molecule has 4 nitrogen and oxygen atoms in total. The maximum absolute atomic E-state index is 9.28. The summed E-state index contributed by atoms with van der Waals surface area (Å²) in [5.41, 5.74) is 2.41. The van der Waals surface area contributed by atoms with Crippen LogP contribution in [0.4, 0.5) is 0 Å². The maximum atomic E-state index is 9.28. The third kappa shape index (κ3) is 2.93. The van der Waals surface area contributed by atoms with Gasteiger partial charge in [-0.05, 0) is 0 Å². The van der Waals surface area contributed by atoms with E-state index in [4.69, 9.17) is 0 Å².